The minimum atomic E-state index is -0.269. The van der Waals surface area contributed by atoms with Crippen molar-refractivity contribution in [2.75, 3.05) is 12.3 Å². The molecule has 5 heteroatoms. The van der Waals surface area contributed by atoms with Gasteiger partial charge in [-0.25, -0.2) is 4.39 Å². The summed E-state index contributed by atoms with van der Waals surface area (Å²) in [5.74, 6) is -0.452. The first-order chi connectivity index (χ1) is 9.97. The number of rotatable bonds is 4. The fourth-order valence-corrected chi connectivity index (χ4v) is 2.52. The molecular weight excluding hydrogens is 335 g/mol. The molecule has 3 N–H and O–H groups in total. The highest BCUT2D eigenvalue weighted by molar-refractivity contribution is 9.10. The summed E-state index contributed by atoms with van der Waals surface area (Å²) in [6.07, 6.45) is 0.575. The molecule has 0 saturated heterocycles. The molecule has 0 fully saturated rings. The van der Waals surface area contributed by atoms with Gasteiger partial charge in [0.25, 0.3) is 5.91 Å². The van der Waals surface area contributed by atoms with E-state index in [0.29, 0.717) is 24.2 Å². The van der Waals surface area contributed by atoms with Crippen LogP contribution in [0.1, 0.15) is 21.5 Å². The van der Waals surface area contributed by atoms with Crippen molar-refractivity contribution in [1.29, 1.82) is 0 Å². The highest BCUT2D eigenvalue weighted by Crippen LogP contribution is 2.22. The number of carbonyl (C=O) groups is 1. The molecule has 1 amide bonds. The normalized spacial score (nSPS) is 10.4. The van der Waals surface area contributed by atoms with Crippen LogP contribution in [0.15, 0.2) is 40.9 Å². The van der Waals surface area contributed by atoms with Gasteiger partial charge in [-0.1, -0.05) is 28.1 Å². The third-order valence-electron chi connectivity index (χ3n) is 3.25. The van der Waals surface area contributed by atoms with Gasteiger partial charge in [0.15, 0.2) is 0 Å². The van der Waals surface area contributed by atoms with Gasteiger partial charge in [-0.2, -0.15) is 0 Å². The number of benzene rings is 2. The molecule has 0 spiro atoms. The molecule has 0 atom stereocenters. The number of hydrogen-bond acceptors (Lipinski definition) is 2. The highest BCUT2D eigenvalue weighted by Gasteiger charge is 2.11. The van der Waals surface area contributed by atoms with Crippen LogP contribution in [-0.4, -0.2) is 12.5 Å². The van der Waals surface area contributed by atoms with Crippen LogP contribution >= 0.6 is 15.9 Å². The Morgan fingerprint density at radius 2 is 2.10 bits per heavy atom. The van der Waals surface area contributed by atoms with E-state index in [2.05, 4.69) is 21.2 Å². The van der Waals surface area contributed by atoms with Gasteiger partial charge in [0, 0.05) is 22.3 Å². The Morgan fingerprint density at radius 1 is 1.33 bits per heavy atom. The van der Waals surface area contributed by atoms with Crippen molar-refractivity contribution in [1.82, 2.24) is 5.32 Å². The Hall–Kier alpha value is -1.88. The van der Waals surface area contributed by atoms with E-state index in [1.54, 1.807) is 18.2 Å². The van der Waals surface area contributed by atoms with Crippen molar-refractivity contribution in [3.8, 4) is 0 Å². The maximum absolute atomic E-state index is 13.1. The minimum Gasteiger partial charge on any atom is -0.398 e. The maximum Gasteiger partial charge on any atom is 0.251 e. The van der Waals surface area contributed by atoms with E-state index in [1.807, 2.05) is 13.0 Å². The van der Waals surface area contributed by atoms with Gasteiger partial charge < -0.3 is 11.1 Å². The molecule has 21 heavy (non-hydrogen) atoms. The zero-order valence-corrected chi connectivity index (χ0v) is 13.2. The average Bonchev–Trinajstić information content (AvgIpc) is 2.42. The van der Waals surface area contributed by atoms with Gasteiger partial charge in [0.2, 0.25) is 0 Å². The Balaban J connectivity index is 1.99. The smallest absolute Gasteiger partial charge is 0.251 e. The lowest BCUT2D eigenvalue weighted by Crippen LogP contribution is -2.26. The van der Waals surface area contributed by atoms with Crippen molar-refractivity contribution in [2.24, 2.45) is 0 Å². The van der Waals surface area contributed by atoms with Crippen LogP contribution in [0.3, 0.4) is 0 Å². The maximum atomic E-state index is 13.1. The van der Waals surface area contributed by atoms with Gasteiger partial charge >= 0.3 is 0 Å². The lowest BCUT2D eigenvalue weighted by atomic mass is 10.1. The molecule has 2 rings (SSSR count). The van der Waals surface area contributed by atoms with Crippen LogP contribution in [-0.2, 0) is 6.42 Å². The van der Waals surface area contributed by atoms with Gasteiger partial charge in [-0.3, -0.25) is 4.79 Å². The zero-order chi connectivity index (χ0) is 15.4. The van der Waals surface area contributed by atoms with Crippen LogP contribution in [0.4, 0.5) is 10.1 Å². The van der Waals surface area contributed by atoms with Gasteiger partial charge in [-0.05, 0) is 48.7 Å². The first kappa shape index (κ1) is 15.5. The number of anilines is 1. The molecular formula is C16H16BrFN2O. The molecule has 0 aliphatic heterocycles. The molecule has 0 aromatic heterocycles. The second-order valence-corrected chi connectivity index (χ2v) is 5.72. The number of carbonyl (C=O) groups excluding carboxylic acids is 1. The van der Waals surface area contributed by atoms with Crippen molar-refractivity contribution in [3.05, 3.63) is 63.4 Å². The van der Waals surface area contributed by atoms with Crippen molar-refractivity contribution < 1.29 is 9.18 Å². The van der Waals surface area contributed by atoms with Gasteiger partial charge in [-0.15, -0.1) is 0 Å². The molecule has 110 valence electrons. The molecule has 2 aromatic carbocycles. The van der Waals surface area contributed by atoms with Crippen molar-refractivity contribution >= 4 is 27.5 Å². The molecule has 0 unspecified atom stereocenters. The number of amides is 1. The van der Waals surface area contributed by atoms with Crippen LogP contribution < -0.4 is 11.1 Å². The second-order valence-electron chi connectivity index (χ2n) is 4.80. The number of nitrogens with one attached hydrogen (secondary N) is 1. The van der Waals surface area contributed by atoms with E-state index in [0.717, 1.165) is 15.6 Å². The number of nitrogens with two attached hydrogens (primary N) is 1. The molecule has 0 bridgehead atoms. The first-order valence-corrected chi connectivity index (χ1v) is 7.35. The summed E-state index contributed by atoms with van der Waals surface area (Å²) in [6.45, 7) is 2.25. The fraction of sp³-hybridized carbons (Fsp3) is 0.188. The molecule has 2 aromatic rings. The first-order valence-electron chi connectivity index (χ1n) is 6.55. The van der Waals surface area contributed by atoms with Crippen molar-refractivity contribution in [3.63, 3.8) is 0 Å². The SMILES string of the molecule is Cc1c(N)cc(Br)cc1C(=O)NCCc1cccc(F)c1. The predicted octanol–water partition coefficient (Wildman–Crippen LogP) is 3.45. The van der Waals surface area contributed by atoms with Crippen LogP contribution in [0.2, 0.25) is 0 Å². The quantitative estimate of drug-likeness (QED) is 0.829. The molecule has 0 aliphatic rings. The van der Waals surface area contributed by atoms with E-state index >= 15 is 0 Å². The lowest BCUT2D eigenvalue weighted by molar-refractivity contribution is 0.0953. The van der Waals surface area contributed by atoms with Gasteiger partial charge in [0.05, 0.1) is 0 Å². The molecule has 0 radical (unpaired) electrons. The topological polar surface area (TPSA) is 55.1 Å². The third kappa shape index (κ3) is 4.04. The van der Waals surface area contributed by atoms with Crippen LogP contribution in [0, 0.1) is 12.7 Å². The summed E-state index contributed by atoms with van der Waals surface area (Å²) in [7, 11) is 0. The molecule has 0 heterocycles. The van der Waals surface area contributed by atoms with Crippen LogP contribution in [0.5, 0.6) is 0 Å². The van der Waals surface area contributed by atoms with E-state index < -0.39 is 0 Å². The Bertz CT molecular complexity index is 673. The number of halogens is 2. The summed E-state index contributed by atoms with van der Waals surface area (Å²) >= 11 is 3.33. The molecule has 3 nitrogen and oxygen atoms in total. The summed E-state index contributed by atoms with van der Waals surface area (Å²) in [5, 5.41) is 2.82. The summed E-state index contributed by atoms with van der Waals surface area (Å²) in [4.78, 5) is 12.2. The molecule has 0 saturated carbocycles. The Labute approximate surface area is 131 Å². The van der Waals surface area contributed by atoms with E-state index in [1.165, 1.54) is 12.1 Å². The van der Waals surface area contributed by atoms with E-state index in [-0.39, 0.29) is 11.7 Å². The summed E-state index contributed by atoms with van der Waals surface area (Å²) < 4.78 is 13.8. The number of nitrogen functional groups attached to an aromatic ring is 1. The Kier molecular flexibility index (Phi) is 4.96. The minimum absolute atomic E-state index is 0.183. The van der Waals surface area contributed by atoms with E-state index in [4.69, 9.17) is 5.73 Å². The summed E-state index contributed by atoms with van der Waals surface area (Å²) in [5.41, 5.74) is 8.56. The fourth-order valence-electron chi connectivity index (χ4n) is 2.04. The van der Waals surface area contributed by atoms with Crippen LogP contribution in [0.25, 0.3) is 0 Å². The largest absolute Gasteiger partial charge is 0.398 e. The number of hydrogen-bond donors (Lipinski definition) is 2. The Morgan fingerprint density at radius 3 is 2.81 bits per heavy atom. The zero-order valence-electron chi connectivity index (χ0n) is 11.6. The predicted molar refractivity (Wildman–Crippen MR) is 85.7 cm³/mol. The van der Waals surface area contributed by atoms with Gasteiger partial charge in [0.1, 0.15) is 5.82 Å². The highest BCUT2D eigenvalue weighted by atomic mass is 79.9. The monoisotopic (exact) mass is 350 g/mol. The van der Waals surface area contributed by atoms with E-state index in [9.17, 15) is 9.18 Å². The van der Waals surface area contributed by atoms with Crippen molar-refractivity contribution in [2.45, 2.75) is 13.3 Å². The molecule has 0 aliphatic carbocycles. The average molecular weight is 351 g/mol. The summed E-state index contributed by atoms with van der Waals surface area (Å²) in [6, 6.07) is 9.86. The second kappa shape index (κ2) is 6.72. The standard InChI is InChI=1S/C16H16BrFN2O/c1-10-14(8-12(17)9-15(10)19)16(21)20-6-5-11-3-2-4-13(18)7-11/h2-4,7-9H,5-6,19H2,1H3,(H,20,21). The lowest BCUT2D eigenvalue weighted by Gasteiger charge is -2.10. The third-order valence-corrected chi connectivity index (χ3v) is 3.70.